The molecule has 2 unspecified atom stereocenters. The van der Waals surface area contributed by atoms with E-state index in [0.29, 0.717) is 5.56 Å². The van der Waals surface area contributed by atoms with Crippen molar-refractivity contribution in [2.75, 3.05) is 7.11 Å². The van der Waals surface area contributed by atoms with Crippen LogP contribution in [0, 0.1) is 18.2 Å². The minimum absolute atomic E-state index is 0.0591. The Balaban J connectivity index is 3.02. The van der Waals surface area contributed by atoms with Gasteiger partial charge in [-0.1, -0.05) is 32.9 Å². The number of hydrogen-bond donors (Lipinski definition) is 1. The molecule has 2 atom stereocenters. The molecule has 0 aromatic heterocycles. The summed E-state index contributed by atoms with van der Waals surface area (Å²) in [5, 5.41) is 0. The summed E-state index contributed by atoms with van der Waals surface area (Å²) in [6.07, 6.45) is -0.104. The first-order chi connectivity index (χ1) is 7.77. The van der Waals surface area contributed by atoms with Crippen molar-refractivity contribution in [1.82, 2.24) is 0 Å². The fourth-order valence-corrected chi connectivity index (χ4v) is 2.09. The fourth-order valence-electron chi connectivity index (χ4n) is 2.09. The molecule has 1 aromatic rings. The van der Waals surface area contributed by atoms with Gasteiger partial charge in [0.15, 0.2) is 0 Å². The van der Waals surface area contributed by atoms with Crippen LogP contribution >= 0.6 is 0 Å². The quantitative estimate of drug-likeness (QED) is 0.879. The lowest BCUT2D eigenvalue weighted by Crippen LogP contribution is -2.38. The highest BCUT2D eigenvalue weighted by atomic mass is 19.1. The first-order valence-corrected chi connectivity index (χ1v) is 5.81. The molecule has 0 aliphatic carbocycles. The number of ether oxygens (including phenoxy) is 1. The highest BCUT2D eigenvalue weighted by Crippen LogP contribution is 2.31. The summed E-state index contributed by atoms with van der Waals surface area (Å²) in [6, 6.07) is 4.72. The molecule has 0 aliphatic rings. The van der Waals surface area contributed by atoms with Gasteiger partial charge in [-0.2, -0.15) is 0 Å². The summed E-state index contributed by atoms with van der Waals surface area (Å²) in [4.78, 5) is 0. The molecule has 1 aromatic carbocycles. The Kier molecular flexibility index (Phi) is 4.28. The van der Waals surface area contributed by atoms with Gasteiger partial charge in [0.25, 0.3) is 0 Å². The maximum absolute atomic E-state index is 13.2. The maximum Gasteiger partial charge on any atom is 0.126 e. The van der Waals surface area contributed by atoms with Gasteiger partial charge in [-0.15, -0.1) is 0 Å². The Morgan fingerprint density at radius 2 is 1.88 bits per heavy atom. The van der Waals surface area contributed by atoms with Crippen molar-refractivity contribution in [1.29, 1.82) is 0 Å². The highest BCUT2D eigenvalue weighted by molar-refractivity contribution is 5.27. The third kappa shape index (κ3) is 3.27. The van der Waals surface area contributed by atoms with Crippen LogP contribution in [0.15, 0.2) is 18.2 Å². The summed E-state index contributed by atoms with van der Waals surface area (Å²) < 4.78 is 18.7. The molecule has 0 fully saturated rings. The third-order valence-corrected chi connectivity index (χ3v) is 3.00. The lowest BCUT2D eigenvalue weighted by Gasteiger charge is -2.34. The molecule has 2 nitrogen and oxygen atoms in total. The van der Waals surface area contributed by atoms with Gasteiger partial charge in [0, 0.05) is 7.11 Å². The predicted molar refractivity (Wildman–Crippen MR) is 68.3 cm³/mol. The van der Waals surface area contributed by atoms with Crippen molar-refractivity contribution in [2.45, 2.75) is 39.8 Å². The van der Waals surface area contributed by atoms with Crippen LogP contribution in [0.1, 0.15) is 37.9 Å². The molecule has 96 valence electrons. The molecular weight excluding hydrogens is 217 g/mol. The summed E-state index contributed by atoms with van der Waals surface area (Å²) >= 11 is 0. The smallest absolute Gasteiger partial charge is 0.126 e. The Morgan fingerprint density at radius 1 is 1.29 bits per heavy atom. The molecule has 1 rings (SSSR count). The molecule has 0 amide bonds. The minimum atomic E-state index is -0.251. The van der Waals surface area contributed by atoms with Gasteiger partial charge in [0.1, 0.15) is 5.82 Å². The van der Waals surface area contributed by atoms with Gasteiger partial charge >= 0.3 is 0 Å². The average molecular weight is 239 g/mol. The molecule has 17 heavy (non-hydrogen) atoms. The number of benzene rings is 1. The van der Waals surface area contributed by atoms with E-state index in [9.17, 15) is 4.39 Å². The van der Waals surface area contributed by atoms with Crippen LogP contribution in [-0.4, -0.2) is 13.2 Å². The van der Waals surface area contributed by atoms with Crippen LogP contribution in [0.4, 0.5) is 4.39 Å². The normalized spacial score (nSPS) is 15.7. The first-order valence-electron chi connectivity index (χ1n) is 5.81. The van der Waals surface area contributed by atoms with Gasteiger partial charge in [0.2, 0.25) is 0 Å². The van der Waals surface area contributed by atoms with Crippen molar-refractivity contribution in [3.05, 3.63) is 35.1 Å². The van der Waals surface area contributed by atoms with E-state index in [4.69, 9.17) is 10.5 Å². The van der Waals surface area contributed by atoms with E-state index in [-0.39, 0.29) is 23.4 Å². The lowest BCUT2D eigenvalue weighted by atomic mass is 9.82. The van der Waals surface area contributed by atoms with Crippen LogP contribution in [0.2, 0.25) is 0 Å². The largest absolute Gasteiger partial charge is 0.379 e. The zero-order chi connectivity index (χ0) is 13.2. The summed E-state index contributed by atoms with van der Waals surface area (Å²) in [6.45, 7) is 7.98. The molecule has 0 saturated carbocycles. The van der Waals surface area contributed by atoms with Crippen molar-refractivity contribution >= 4 is 0 Å². The number of methoxy groups -OCH3 is 1. The van der Waals surface area contributed by atoms with E-state index in [1.807, 2.05) is 0 Å². The van der Waals surface area contributed by atoms with E-state index in [1.54, 1.807) is 26.2 Å². The van der Waals surface area contributed by atoms with Crippen LogP contribution in [-0.2, 0) is 4.74 Å². The number of rotatable bonds is 3. The summed E-state index contributed by atoms with van der Waals surface area (Å²) in [5.74, 6) is -0.203. The summed E-state index contributed by atoms with van der Waals surface area (Å²) in [7, 11) is 1.66. The molecule has 0 radical (unpaired) electrons. The van der Waals surface area contributed by atoms with Crippen LogP contribution < -0.4 is 5.73 Å². The predicted octanol–water partition coefficient (Wildman–Crippen LogP) is 3.20. The molecule has 0 spiro atoms. The molecule has 0 aliphatic heterocycles. The zero-order valence-corrected chi connectivity index (χ0v) is 11.3. The van der Waals surface area contributed by atoms with Crippen molar-refractivity contribution in [2.24, 2.45) is 11.1 Å². The maximum atomic E-state index is 13.2. The molecule has 3 heteroatoms. The van der Waals surface area contributed by atoms with E-state index in [1.165, 1.54) is 6.07 Å². The number of nitrogens with two attached hydrogens (primary N) is 1. The van der Waals surface area contributed by atoms with Crippen LogP contribution in [0.25, 0.3) is 0 Å². The number of halogens is 1. The zero-order valence-electron chi connectivity index (χ0n) is 11.3. The van der Waals surface area contributed by atoms with Crippen molar-refractivity contribution in [3.63, 3.8) is 0 Å². The molecule has 2 N–H and O–H groups in total. The number of aryl methyl sites for hydroxylation is 1. The fraction of sp³-hybridized carbons (Fsp3) is 0.571. The minimum Gasteiger partial charge on any atom is -0.379 e. The summed E-state index contributed by atoms with van der Waals surface area (Å²) in [5.41, 5.74) is 7.67. The van der Waals surface area contributed by atoms with E-state index in [0.717, 1.165) is 5.56 Å². The van der Waals surface area contributed by atoms with Crippen molar-refractivity contribution in [3.8, 4) is 0 Å². The van der Waals surface area contributed by atoms with Crippen LogP contribution in [0.3, 0.4) is 0 Å². The Bertz CT molecular complexity index is 384. The second-order valence-electron chi connectivity index (χ2n) is 5.56. The second-order valence-corrected chi connectivity index (χ2v) is 5.56. The van der Waals surface area contributed by atoms with Gasteiger partial charge < -0.3 is 10.5 Å². The van der Waals surface area contributed by atoms with Gasteiger partial charge in [0.05, 0.1) is 12.1 Å². The van der Waals surface area contributed by atoms with Gasteiger partial charge in [-0.3, -0.25) is 0 Å². The van der Waals surface area contributed by atoms with Gasteiger partial charge in [-0.05, 0) is 29.5 Å². The standard InChI is InChI=1S/C14H22FNO/c1-9-8-10(6-7-11(9)15)12(16)13(17-5)14(2,3)4/h6-8,12-13H,16H2,1-5H3. The molecule has 0 heterocycles. The molecule has 0 saturated heterocycles. The Labute approximate surface area is 103 Å². The first kappa shape index (κ1) is 14.1. The highest BCUT2D eigenvalue weighted by Gasteiger charge is 2.31. The Morgan fingerprint density at radius 3 is 2.29 bits per heavy atom. The van der Waals surface area contributed by atoms with E-state index in [2.05, 4.69) is 20.8 Å². The SMILES string of the molecule is COC(C(N)c1ccc(F)c(C)c1)C(C)(C)C. The molecular formula is C14H22FNO. The van der Waals surface area contributed by atoms with Crippen molar-refractivity contribution < 1.29 is 9.13 Å². The molecule has 0 bridgehead atoms. The Hall–Kier alpha value is -0.930. The average Bonchev–Trinajstić information content (AvgIpc) is 2.20. The number of hydrogen-bond acceptors (Lipinski definition) is 2. The van der Waals surface area contributed by atoms with E-state index < -0.39 is 0 Å². The van der Waals surface area contributed by atoms with Gasteiger partial charge in [-0.25, -0.2) is 4.39 Å². The second kappa shape index (κ2) is 5.15. The third-order valence-electron chi connectivity index (χ3n) is 3.00. The lowest BCUT2D eigenvalue weighted by molar-refractivity contribution is -0.00245. The van der Waals surface area contributed by atoms with E-state index >= 15 is 0 Å². The monoisotopic (exact) mass is 239 g/mol. The van der Waals surface area contributed by atoms with Crippen LogP contribution in [0.5, 0.6) is 0 Å². The topological polar surface area (TPSA) is 35.2 Å².